The largest absolute Gasteiger partial charge is 0.309 e. The van der Waals surface area contributed by atoms with Crippen LogP contribution in [0.3, 0.4) is 0 Å². The van der Waals surface area contributed by atoms with Gasteiger partial charge in [-0.3, -0.25) is 0 Å². The lowest BCUT2D eigenvalue weighted by atomic mass is 10.1. The fraction of sp³-hybridized carbons (Fsp3) is 0. The Bertz CT molecular complexity index is 2330. The molecule has 9 aromatic rings. The van der Waals surface area contributed by atoms with Crippen LogP contribution in [0.5, 0.6) is 0 Å². The molecule has 0 spiro atoms. The zero-order valence-electron chi connectivity index (χ0n) is 21.0. The molecule has 0 amide bonds. The van der Waals surface area contributed by atoms with E-state index in [0.29, 0.717) is 0 Å². The number of fused-ring (bicyclic) bond motifs is 10. The van der Waals surface area contributed by atoms with Crippen LogP contribution in [0.1, 0.15) is 0 Å². The van der Waals surface area contributed by atoms with E-state index in [4.69, 9.17) is 0 Å². The lowest BCUT2D eigenvalue weighted by Gasteiger charge is -2.12. The molecule has 0 fully saturated rings. The maximum atomic E-state index is 2.46. The lowest BCUT2D eigenvalue weighted by Crippen LogP contribution is -1.97. The van der Waals surface area contributed by atoms with Crippen molar-refractivity contribution in [1.82, 2.24) is 9.13 Å². The third-order valence-electron chi connectivity index (χ3n) is 8.13. The molecular formula is C36H22N2S. The van der Waals surface area contributed by atoms with Crippen molar-refractivity contribution >= 4 is 75.1 Å². The number of aromatic nitrogens is 2. The monoisotopic (exact) mass is 514 g/mol. The van der Waals surface area contributed by atoms with Gasteiger partial charge in [0.05, 0.1) is 26.8 Å². The summed E-state index contributed by atoms with van der Waals surface area (Å²) in [6.45, 7) is 0. The van der Waals surface area contributed by atoms with Crippen LogP contribution in [-0.4, -0.2) is 9.13 Å². The maximum Gasteiger partial charge on any atom is 0.0719 e. The molecule has 0 saturated carbocycles. The summed E-state index contributed by atoms with van der Waals surface area (Å²) in [4.78, 5) is 0. The SMILES string of the molecule is c1ccc2c(c1)sc1c2ccc2c3ccccc3n(-c3ccc(-n4c5ccccc5c5ccccc54)cc3)c21. The molecule has 0 N–H and O–H groups in total. The Morgan fingerprint density at radius 3 is 1.46 bits per heavy atom. The van der Waals surface area contributed by atoms with Gasteiger partial charge in [-0.15, -0.1) is 11.3 Å². The van der Waals surface area contributed by atoms with E-state index in [9.17, 15) is 0 Å². The Balaban J connectivity index is 1.33. The predicted molar refractivity (Wildman–Crippen MR) is 168 cm³/mol. The molecule has 39 heavy (non-hydrogen) atoms. The van der Waals surface area contributed by atoms with Gasteiger partial charge >= 0.3 is 0 Å². The van der Waals surface area contributed by atoms with E-state index in [0.717, 1.165) is 0 Å². The van der Waals surface area contributed by atoms with E-state index in [1.165, 1.54) is 75.2 Å². The minimum Gasteiger partial charge on any atom is -0.309 e. The molecule has 9 rings (SSSR count). The van der Waals surface area contributed by atoms with Gasteiger partial charge in [0, 0.05) is 48.4 Å². The van der Waals surface area contributed by atoms with Crippen molar-refractivity contribution in [3.05, 3.63) is 133 Å². The molecule has 0 saturated heterocycles. The van der Waals surface area contributed by atoms with E-state index < -0.39 is 0 Å². The first-order chi connectivity index (χ1) is 19.4. The first kappa shape index (κ1) is 21.1. The van der Waals surface area contributed by atoms with Crippen molar-refractivity contribution in [2.75, 3.05) is 0 Å². The highest BCUT2D eigenvalue weighted by Crippen LogP contribution is 2.43. The Labute approximate surface area is 228 Å². The van der Waals surface area contributed by atoms with Gasteiger partial charge < -0.3 is 9.13 Å². The molecule has 3 heteroatoms. The zero-order chi connectivity index (χ0) is 25.5. The Kier molecular flexibility index (Phi) is 4.24. The topological polar surface area (TPSA) is 9.86 Å². The summed E-state index contributed by atoms with van der Waals surface area (Å²) in [5, 5.41) is 7.82. The molecule has 0 aliphatic rings. The highest BCUT2D eigenvalue weighted by molar-refractivity contribution is 7.26. The van der Waals surface area contributed by atoms with Crippen LogP contribution < -0.4 is 0 Å². The fourth-order valence-corrected chi connectivity index (χ4v) is 7.69. The van der Waals surface area contributed by atoms with Crippen LogP contribution in [0.2, 0.25) is 0 Å². The third kappa shape index (κ3) is 2.85. The normalized spacial score (nSPS) is 12.1. The van der Waals surface area contributed by atoms with Crippen molar-refractivity contribution in [3.8, 4) is 11.4 Å². The fourth-order valence-electron chi connectivity index (χ4n) is 6.45. The standard InChI is InChI=1S/C36H22N2S/c1-5-13-31-25(9-1)26-10-2-6-14-32(26)37(31)23-17-19-24(20-18-23)38-33-15-7-3-11-27(33)29-21-22-30-28-12-4-8-16-34(28)39-36(30)35(29)38/h1-22H. The van der Waals surface area contributed by atoms with Gasteiger partial charge in [-0.1, -0.05) is 84.9 Å². The van der Waals surface area contributed by atoms with Crippen molar-refractivity contribution in [2.24, 2.45) is 0 Å². The second-order valence-electron chi connectivity index (χ2n) is 10.2. The summed E-state index contributed by atoms with van der Waals surface area (Å²) in [5.74, 6) is 0. The van der Waals surface area contributed by atoms with Gasteiger partial charge in [0.25, 0.3) is 0 Å². The molecular weight excluding hydrogens is 492 g/mol. The summed E-state index contributed by atoms with van der Waals surface area (Å²) in [7, 11) is 0. The summed E-state index contributed by atoms with van der Waals surface area (Å²) in [5.41, 5.74) is 7.34. The van der Waals surface area contributed by atoms with Crippen LogP contribution in [-0.2, 0) is 0 Å². The zero-order valence-corrected chi connectivity index (χ0v) is 21.8. The number of rotatable bonds is 2. The van der Waals surface area contributed by atoms with Crippen LogP contribution in [0.4, 0.5) is 0 Å². The minimum atomic E-state index is 1.17. The Morgan fingerprint density at radius 1 is 0.359 bits per heavy atom. The second-order valence-corrected chi connectivity index (χ2v) is 11.2. The number of hydrogen-bond donors (Lipinski definition) is 0. The van der Waals surface area contributed by atoms with E-state index in [-0.39, 0.29) is 0 Å². The number of para-hydroxylation sites is 3. The van der Waals surface area contributed by atoms with Crippen LogP contribution >= 0.6 is 11.3 Å². The van der Waals surface area contributed by atoms with Gasteiger partial charge in [-0.05, 0) is 48.5 Å². The smallest absolute Gasteiger partial charge is 0.0719 e. The van der Waals surface area contributed by atoms with Gasteiger partial charge in [0.2, 0.25) is 0 Å². The highest BCUT2D eigenvalue weighted by Gasteiger charge is 2.18. The van der Waals surface area contributed by atoms with E-state index in [2.05, 4.69) is 143 Å². The molecule has 6 aromatic carbocycles. The molecule has 0 unspecified atom stereocenters. The molecule has 0 radical (unpaired) electrons. The van der Waals surface area contributed by atoms with Crippen molar-refractivity contribution in [2.45, 2.75) is 0 Å². The minimum absolute atomic E-state index is 1.17. The van der Waals surface area contributed by atoms with E-state index >= 15 is 0 Å². The average molecular weight is 515 g/mol. The number of thiophene rings is 1. The van der Waals surface area contributed by atoms with Crippen molar-refractivity contribution < 1.29 is 0 Å². The van der Waals surface area contributed by atoms with Crippen molar-refractivity contribution in [3.63, 3.8) is 0 Å². The number of hydrogen-bond acceptors (Lipinski definition) is 1. The van der Waals surface area contributed by atoms with E-state index in [1.807, 2.05) is 11.3 Å². The molecule has 2 nitrogen and oxygen atoms in total. The van der Waals surface area contributed by atoms with Gasteiger partial charge in [-0.25, -0.2) is 0 Å². The molecule has 182 valence electrons. The van der Waals surface area contributed by atoms with Crippen LogP contribution in [0, 0.1) is 0 Å². The first-order valence-corrected chi connectivity index (χ1v) is 14.1. The van der Waals surface area contributed by atoms with Gasteiger partial charge in [0.15, 0.2) is 0 Å². The third-order valence-corrected chi connectivity index (χ3v) is 9.32. The first-order valence-electron chi connectivity index (χ1n) is 13.3. The molecule has 0 bridgehead atoms. The Morgan fingerprint density at radius 2 is 0.821 bits per heavy atom. The summed E-state index contributed by atoms with van der Waals surface area (Å²) in [6, 6.07) is 48.6. The van der Waals surface area contributed by atoms with Crippen LogP contribution in [0.15, 0.2) is 133 Å². The maximum absolute atomic E-state index is 2.46. The van der Waals surface area contributed by atoms with E-state index in [1.54, 1.807) is 0 Å². The predicted octanol–water partition coefficient (Wildman–Crippen LogP) is 10.2. The number of benzene rings is 6. The molecule has 3 heterocycles. The van der Waals surface area contributed by atoms with Crippen LogP contribution in [0.25, 0.3) is 75.2 Å². The second kappa shape index (κ2) is 7.83. The lowest BCUT2D eigenvalue weighted by molar-refractivity contribution is 1.15. The molecule has 0 atom stereocenters. The summed E-state index contributed by atoms with van der Waals surface area (Å²) < 4.78 is 7.51. The number of nitrogens with zero attached hydrogens (tertiary/aromatic N) is 2. The molecule has 0 aliphatic carbocycles. The average Bonchev–Trinajstić information content (AvgIpc) is 3.65. The van der Waals surface area contributed by atoms with Gasteiger partial charge in [0.1, 0.15) is 0 Å². The summed E-state index contributed by atoms with van der Waals surface area (Å²) in [6.07, 6.45) is 0. The van der Waals surface area contributed by atoms with Gasteiger partial charge in [-0.2, -0.15) is 0 Å². The molecule has 0 aliphatic heterocycles. The quantitative estimate of drug-likeness (QED) is 0.217. The highest BCUT2D eigenvalue weighted by atomic mass is 32.1. The van der Waals surface area contributed by atoms with Crippen molar-refractivity contribution in [1.29, 1.82) is 0 Å². The summed E-state index contributed by atoms with van der Waals surface area (Å²) >= 11 is 1.89. The Hall–Kier alpha value is -4.86. The molecule has 3 aromatic heterocycles.